The van der Waals surface area contributed by atoms with E-state index in [1.165, 1.54) is 0 Å². The molecular formula is C25H22N2O6. The highest BCUT2D eigenvalue weighted by Gasteiger charge is 2.22. The van der Waals surface area contributed by atoms with Crippen molar-refractivity contribution in [3.63, 3.8) is 0 Å². The number of hydrogen-bond acceptors (Lipinski definition) is 6. The Morgan fingerprint density at radius 1 is 0.818 bits per heavy atom. The molecule has 2 amide bonds. The van der Waals surface area contributed by atoms with Crippen LogP contribution in [0.25, 0.3) is 11.0 Å². The predicted molar refractivity (Wildman–Crippen MR) is 124 cm³/mol. The maximum absolute atomic E-state index is 13.0. The topological polar surface area (TPSA) is 99.0 Å². The Morgan fingerprint density at radius 2 is 1.55 bits per heavy atom. The number of fused-ring (bicyclic) bond motifs is 1. The van der Waals surface area contributed by atoms with Crippen molar-refractivity contribution in [2.24, 2.45) is 0 Å². The zero-order valence-electron chi connectivity index (χ0n) is 18.1. The number of hydrogen-bond donors (Lipinski definition) is 2. The van der Waals surface area contributed by atoms with Crippen LogP contribution in [0.1, 0.15) is 10.6 Å². The summed E-state index contributed by atoms with van der Waals surface area (Å²) in [6.45, 7) is -0.258. The number of ether oxygens (including phenoxy) is 3. The van der Waals surface area contributed by atoms with Crippen LogP contribution in [0.4, 0.5) is 11.4 Å². The second-order valence-electron chi connectivity index (χ2n) is 7.00. The quantitative estimate of drug-likeness (QED) is 0.406. The van der Waals surface area contributed by atoms with Crippen LogP contribution in [0.5, 0.6) is 17.2 Å². The number of anilines is 2. The highest BCUT2D eigenvalue weighted by atomic mass is 16.5. The molecule has 1 aromatic heterocycles. The minimum absolute atomic E-state index is 0.0123. The number of benzene rings is 3. The fourth-order valence-corrected chi connectivity index (χ4v) is 3.21. The van der Waals surface area contributed by atoms with E-state index in [2.05, 4.69) is 10.6 Å². The average molecular weight is 446 g/mol. The standard InChI is InChI=1S/C25H22N2O6/c1-30-17-12-10-16(11-13-17)26-25(29)24-23(20-8-3-4-9-21(20)33-24)27-22(28)15-32-19-7-5-6-18(14-19)31-2/h3-14H,15H2,1-2H3,(H,26,29)(H,27,28). The first kappa shape index (κ1) is 21.8. The van der Waals surface area contributed by atoms with Crippen LogP contribution < -0.4 is 24.8 Å². The van der Waals surface area contributed by atoms with Crippen molar-refractivity contribution in [2.75, 3.05) is 31.5 Å². The molecule has 168 valence electrons. The SMILES string of the molecule is COc1ccc(NC(=O)c2oc3ccccc3c2NC(=O)COc2cccc(OC)c2)cc1. The number of amides is 2. The van der Waals surface area contributed by atoms with E-state index < -0.39 is 11.8 Å². The van der Waals surface area contributed by atoms with E-state index in [4.69, 9.17) is 18.6 Å². The van der Waals surface area contributed by atoms with E-state index in [1.54, 1.807) is 87.0 Å². The lowest BCUT2D eigenvalue weighted by molar-refractivity contribution is -0.118. The van der Waals surface area contributed by atoms with Crippen molar-refractivity contribution in [1.29, 1.82) is 0 Å². The molecule has 4 rings (SSSR count). The maximum Gasteiger partial charge on any atom is 0.293 e. The summed E-state index contributed by atoms with van der Waals surface area (Å²) in [6, 6.07) is 20.9. The Hall–Kier alpha value is -4.46. The van der Waals surface area contributed by atoms with Gasteiger partial charge in [-0.25, -0.2) is 0 Å². The van der Waals surface area contributed by atoms with E-state index in [0.29, 0.717) is 33.9 Å². The minimum Gasteiger partial charge on any atom is -0.497 e. The largest absolute Gasteiger partial charge is 0.497 e. The smallest absolute Gasteiger partial charge is 0.293 e. The molecule has 1 heterocycles. The number of rotatable bonds is 8. The molecule has 2 N–H and O–H groups in total. The molecule has 8 heteroatoms. The molecule has 0 radical (unpaired) electrons. The summed E-state index contributed by atoms with van der Waals surface area (Å²) in [6.07, 6.45) is 0. The van der Waals surface area contributed by atoms with Crippen molar-refractivity contribution < 1.29 is 28.2 Å². The zero-order chi connectivity index (χ0) is 23.2. The van der Waals surface area contributed by atoms with Crippen LogP contribution in [0.2, 0.25) is 0 Å². The molecule has 0 saturated carbocycles. The first-order valence-corrected chi connectivity index (χ1v) is 10.1. The van der Waals surface area contributed by atoms with Crippen molar-refractivity contribution in [2.45, 2.75) is 0 Å². The third kappa shape index (κ3) is 5.07. The highest BCUT2D eigenvalue weighted by Crippen LogP contribution is 2.31. The Labute approximate surface area is 190 Å². The summed E-state index contributed by atoms with van der Waals surface area (Å²) in [5, 5.41) is 6.12. The maximum atomic E-state index is 13.0. The second-order valence-corrected chi connectivity index (χ2v) is 7.00. The van der Waals surface area contributed by atoms with Crippen LogP contribution in [0, 0.1) is 0 Å². The van der Waals surface area contributed by atoms with Gasteiger partial charge in [0.25, 0.3) is 11.8 Å². The van der Waals surface area contributed by atoms with Crippen LogP contribution in [-0.2, 0) is 4.79 Å². The first-order chi connectivity index (χ1) is 16.1. The summed E-state index contributed by atoms with van der Waals surface area (Å²) in [4.78, 5) is 25.6. The molecule has 0 bridgehead atoms. The molecule has 8 nitrogen and oxygen atoms in total. The van der Waals surface area contributed by atoms with Gasteiger partial charge in [0.1, 0.15) is 28.5 Å². The summed E-state index contributed by atoms with van der Waals surface area (Å²) >= 11 is 0. The molecule has 4 aromatic rings. The number of nitrogens with one attached hydrogen (secondary N) is 2. The van der Waals surface area contributed by atoms with Crippen molar-refractivity contribution in [3.05, 3.63) is 78.6 Å². The van der Waals surface area contributed by atoms with E-state index in [-0.39, 0.29) is 18.1 Å². The third-order valence-corrected chi connectivity index (χ3v) is 4.83. The lowest BCUT2D eigenvalue weighted by Gasteiger charge is -2.09. The molecule has 0 fully saturated rings. The molecule has 0 spiro atoms. The molecule has 33 heavy (non-hydrogen) atoms. The van der Waals surface area contributed by atoms with Crippen LogP contribution in [-0.4, -0.2) is 32.6 Å². The number of carbonyl (C=O) groups is 2. The fourth-order valence-electron chi connectivity index (χ4n) is 3.21. The Bertz CT molecular complexity index is 1280. The van der Waals surface area contributed by atoms with E-state index in [0.717, 1.165) is 0 Å². The molecular weight excluding hydrogens is 424 g/mol. The van der Waals surface area contributed by atoms with Crippen molar-refractivity contribution in [1.82, 2.24) is 0 Å². The lowest BCUT2D eigenvalue weighted by atomic mass is 10.2. The monoisotopic (exact) mass is 446 g/mol. The molecule has 3 aromatic carbocycles. The van der Waals surface area contributed by atoms with Gasteiger partial charge in [-0.1, -0.05) is 18.2 Å². The second kappa shape index (κ2) is 9.78. The first-order valence-electron chi connectivity index (χ1n) is 10.1. The molecule has 0 atom stereocenters. The minimum atomic E-state index is -0.500. The Kier molecular flexibility index (Phi) is 6.45. The van der Waals surface area contributed by atoms with Gasteiger partial charge in [-0.3, -0.25) is 9.59 Å². The van der Waals surface area contributed by atoms with Crippen LogP contribution >= 0.6 is 0 Å². The van der Waals surface area contributed by atoms with Gasteiger partial charge >= 0.3 is 0 Å². The van der Waals surface area contributed by atoms with Crippen LogP contribution in [0.3, 0.4) is 0 Å². The van der Waals surface area contributed by atoms with Gasteiger partial charge < -0.3 is 29.3 Å². The zero-order valence-corrected chi connectivity index (χ0v) is 18.1. The van der Waals surface area contributed by atoms with Gasteiger partial charge in [0.05, 0.1) is 14.2 Å². The number of furan rings is 1. The predicted octanol–water partition coefficient (Wildman–Crippen LogP) is 4.72. The number of carbonyl (C=O) groups excluding carboxylic acids is 2. The summed E-state index contributed by atoms with van der Waals surface area (Å²) in [7, 11) is 3.11. The van der Waals surface area contributed by atoms with Gasteiger partial charge in [-0.05, 0) is 48.5 Å². The van der Waals surface area contributed by atoms with Crippen LogP contribution in [0.15, 0.2) is 77.2 Å². The molecule has 0 unspecified atom stereocenters. The Morgan fingerprint density at radius 3 is 2.30 bits per heavy atom. The van der Waals surface area contributed by atoms with E-state index in [1.807, 2.05) is 0 Å². The molecule has 0 saturated heterocycles. The summed E-state index contributed by atoms with van der Waals surface area (Å²) < 4.78 is 21.6. The van der Waals surface area contributed by atoms with Crippen molar-refractivity contribution in [3.8, 4) is 17.2 Å². The number of methoxy groups -OCH3 is 2. The van der Waals surface area contributed by atoms with E-state index in [9.17, 15) is 9.59 Å². The Balaban J connectivity index is 1.52. The van der Waals surface area contributed by atoms with Gasteiger partial charge in [0.15, 0.2) is 6.61 Å². The fraction of sp³-hybridized carbons (Fsp3) is 0.120. The van der Waals surface area contributed by atoms with Crippen molar-refractivity contribution >= 4 is 34.2 Å². The molecule has 0 aliphatic rings. The molecule has 0 aliphatic carbocycles. The van der Waals surface area contributed by atoms with Gasteiger partial charge in [-0.15, -0.1) is 0 Å². The van der Waals surface area contributed by atoms with E-state index >= 15 is 0 Å². The van der Waals surface area contributed by atoms with Gasteiger partial charge in [0, 0.05) is 17.1 Å². The normalized spacial score (nSPS) is 10.5. The third-order valence-electron chi connectivity index (χ3n) is 4.83. The summed E-state index contributed by atoms with van der Waals surface area (Å²) in [5.41, 5.74) is 1.30. The summed E-state index contributed by atoms with van der Waals surface area (Å²) in [5.74, 6) is 0.816. The van der Waals surface area contributed by atoms with Gasteiger partial charge in [-0.2, -0.15) is 0 Å². The van der Waals surface area contributed by atoms with Gasteiger partial charge in [0.2, 0.25) is 5.76 Å². The highest BCUT2D eigenvalue weighted by molar-refractivity contribution is 6.14. The lowest BCUT2D eigenvalue weighted by Crippen LogP contribution is -2.22. The number of para-hydroxylation sites is 1. The molecule has 0 aliphatic heterocycles. The average Bonchev–Trinajstić information content (AvgIpc) is 3.22.